The van der Waals surface area contributed by atoms with Gasteiger partial charge in [-0.05, 0) is 172 Å². The molecule has 2 aromatic heterocycles. The first-order valence-corrected chi connectivity index (χ1v) is 23.3. The highest BCUT2D eigenvalue weighted by Crippen LogP contribution is 2.64. The topological polar surface area (TPSA) is 32.3 Å². The number of para-hydroxylation sites is 1. The zero-order valence-corrected chi connectivity index (χ0v) is 37.5. The van der Waals surface area contributed by atoms with Gasteiger partial charge in [-0.1, -0.05) is 120 Å². The molecule has 314 valence electrons. The lowest BCUT2D eigenvalue weighted by molar-refractivity contribution is 0.794. The third-order valence-corrected chi connectivity index (χ3v) is 14.9. The first-order chi connectivity index (χ1) is 33.0. The molecule has 0 atom stereocenters. The van der Waals surface area contributed by atoms with Gasteiger partial charge in [0.25, 0.3) is 6.71 Å². The van der Waals surface area contributed by atoms with Crippen molar-refractivity contribution in [1.82, 2.24) is 9.97 Å². The van der Waals surface area contributed by atoms with Crippen molar-refractivity contribution in [3.8, 4) is 44.8 Å². The highest BCUT2D eigenvalue weighted by molar-refractivity contribution is 7.00. The van der Waals surface area contributed by atoms with Crippen molar-refractivity contribution in [1.29, 1.82) is 0 Å². The average Bonchev–Trinajstić information content (AvgIpc) is 3.82. The van der Waals surface area contributed by atoms with Crippen LogP contribution in [0.4, 0.5) is 34.1 Å². The van der Waals surface area contributed by atoms with Crippen molar-refractivity contribution in [2.45, 2.75) is 26.2 Å². The van der Waals surface area contributed by atoms with Crippen molar-refractivity contribution in [3.05, 3.63) is 245 Å². The Hall–Kier alpha value is -8.28. The van der Waals surface area contributed by atoms with Crippen molar-refractivity contribution in [3.63, 3.8) is 0 Å². The molecular weight excluding hydrogens is 812 g/mol. The number of fused-ring (bicyclic) bond motifs is 14. The molecule has 0 fully saturated rings. The summed E-state index contributed by atoms with van der Waals surface area (Å²) in [7, 11) is 0. The number of anilines is 6. The van der Waals surface area contributed by atoms with Crippen molar-refractivity contribution >= 4 is 57.2 Å². The highest BCUT2D eigenvalue weighted by atomic mass is 15.2. The van der Waals surface area contributed by atoms with E-state index in [1.807, 2.05) is 24.5 Å². The number of pyridine rings is 2. The summed E-state index contributed by atoms with van der Waals surface area (Å²) < 4.78 is 0. The number of benzene rings is 8. The second-order valence-electron chi connectivity index (χ2n) is 18.8. The van der Waals surface area contributed by atoms with E-state index in [2.05, 4.69) is 213 Å². The first-order valence-electron chi connectivity index (χ1n) is 23.3. The second kappa shape index (κ2) is 14.1. The maximum Gasteiger partial charge on any atom is 0.252 e. The summed E-state index contributed by atoms with van der Waals surface area (Å²) >= 11 is 0. The third kappa shape index (κ3) is 5.31. The van der Waals surface area contributed by atoms with E-state index >= 15 is 0 Å². The van der Waals surface area contributed by atoms with Gasteiger partial charge in [0.05, 0.1) is 16.8 Å². The van der Waals surface area contributed by atoms with Gasteiger partial charge < -0.3 is 9.80 Å². The van der Waals surface area contributed by atoms with Gasteiger partial charge in [-0.3, -0.25) is 9.97 Å². The Morgan fingerprint density at radius 3 is 1.58 bits per heavy atom. The third-order valence-electron chi connectivity index (χ3n) is 14.9. The van der Waals surface area contributed by atoms with E-state index in [1.54, 1.807) is 0 Å². The zero-order chi connectivity index (χ0) is 44.5. The SMILES string of the molecule is Cc1ccc(N2c3ccc(C)cc3B3c4cc5c(cc4N(c4ccccc4)c4cc(C)cc2c43)C2(c3ccccc3-5)c3cc(-c4ccccn4)ccc3-c3ccc(-c4ccccn4)cc32)cc1. The molecule has 4 nitrogen and oxygen atoms in total. The van der Waals surface area contributed by atoms with E-state index in [9.17, 15) is 0 Å². The van der Waals surface area contributed by atoms with Crippen molar-refractivity contribution in [2.75, 3.05) is 9.80 Å². The summed E-state index contributed by atoms with van der Waals surface area (Å²) in [4.78, 5) is 14.8. The minimum atomic E-state index is -0.634. The predicted octanol–water partition coefficient (Wildman–Crippen LogP) is 13.2. The number of hydrogen-bond acceptors (Lipinski definition) is 4. The molecule has 0 N–H and O–H groups in total. The van der Waals surface area contributed by atoms with Crippen LogP contribution < -0.4 is 26.2 Å². The average molecular weight is 855 g/mol. The van der Waals surface area contributed by atoms with E-state index < -0.39 is 5.41 Å². The number of nitrogens with zero attached hydrogens (tertiary/aromatic N) is 4. The predicted molar refractivity (Wildman–Crippen MR) is 277 cm³/mol. The lowest BCUT2D eigenvalue weighted by Gasteiger charge is -2.45. The van der Waals surface area contributed by atoms with Crippen LogP contribution in [0.3, 0.4) is 0 Å². The van der Waals surface area contributed by atoms with Crippen LogP contribution in [-0.2, 0) is 5.41 Å². The molecule has 0 unspecified atom stereocenters. The van der Waals surface area contributed by atoms with Crippen LogP contribution in [0, 0.1) is 20.8 Å². The van der Waals surface area contributed by atoms with Gasteiger partial charge in [0.2, 0.25) is 0 Å². The van der Waals surface area contributed by atoms with Crippen LogP contribution in [0.25, 0.3) is 44.8 Å². The van der Waals surface area contributed by atoms with Crippen LogP contribution in [0.15, 0.2) is 207 Å². The summed E-state index contributed by atoms with van der Waals surface area (Å²) in [6, 6.07) is 72.7. The van der Waals surface area contributed by atoms with Crippen LogP contribution in [0.2, 0.25) is 0 Å². The molecule has 0 radical (unpaired) electrons. The van der Waals surface area contributed by atoms with Crippen LogP contribution in [0.5, 0.6) is 0 Å². The summed E-state index contributed by atoms with van der Waals surface area (Å²) in [6.45, 7) is 6.64. The fourth-order valence-electron chi connectivity index (χ4n) is 12.1. The summed E-state index contributed by atoms with van der Waals surface area (Å²) in [5, 5.41) is 0. The fourth-order valence-corrected chi connectivity index (χ4v) is 12.1. The standard InChI is InChI=1S/C62H43BN4/c1-38-19-24-44(25-20-38)66-57-28-21-39(2)31-53(57)63-54-36-48-45-15-7-8-16-49(45)62(52(48)37-58(54)67(43-13-5-4-6-14-43)60-33-40(3)32-59(66)61(60)63)50-34-41(55-17-9-11-29-64-55)22-26-46(50)47-27-23-42(35-51(47)62)56-18-10-12-30-65-56/h4-37H,1-3H3. The van der Waals surface area contributed by atoms with Gasteiger partial charge in [0.15, 0.2) is 0 Å². The molecule has 4 heterocycles. The van der Waals surface area contributed by atoms with E-state index in [0.29, 0.717) is 0 Å². The second-order valence-corrected chi connectivity index (χ2v) is 18.8. The highest BCUT2D eigenvalue weighted by Gasteiger charge is 2.54. The summed E-state index contributed by atoms with van der Waals surface area (Å²) in [6.07, 6.45) is 3.79. The zero-order valence-electron chi connectivity index (χ0n) is 37.5. The van der Waals surface area contributed by atoms with Crippen LogP contribution in [0.1, 0.15) is 38.9 Å². The molecule has 2 aliphatic carbocycles. The number of aryl methyl sites for hydroxylation is 3. The smallest absolute Gasteiger partial charge is 0.252 e. The number of rotatable bonds is 4. The molecule has 2 aliphatic heterocycles. The minimum Gasteiger partial charge on any atom is -0.311 e. The Morgan fingerprint density at radius 1 is 0.373 bits per heavy atom. The van der Waals surface area contributed by atoms with Gasteiger partial charge in [0, 0.05) is 57.6 Å². The van der Waals surface area contributed by atoms with Gasteiger partial charge >= 0.3 is 0 Å². The molecule has 0 saturated carbocycles. The molecule has 1 spiro atoms. The Morgan fingerprint density at radius 2 is 0.925 bits per heavy atom. The molecule has 4 aliphatic rings. The molecule has 0 saturated heterocycles. The summed E-state index contributed by atoms with van der Waals surface area (Å²) in [5.74, 6) is 0. The van der Waals surface area contributed by atoms with E-state index in [-0.39, 0.29) is 6.71 Å². The van der Waals surface area contributed by atoms with Crippen LogP contribution >= 0.6 is 0 Å². The maximum atomic E-state index is 4.88. The lowest BCUT2D eigenvalue weighted by Crippen LogP contribution is -2.61. The lowest BCUT2D eigenvalue weighted by atomic mass is 9.33. The number of hydrogen-bond donors (Lipinski definition) is 0. The Labute approximate surface area is 391 Å². The molecule has 5 heteroatoms. The normalized spacial score (nSPS) is 13.9. The van der Waals surface area contributed by atoms with Gasteiger partial charge in [-0.2, -0.15) is 0 Å². The minimum absolute atomic E-state index is 0.0131. The molecule has 8 aromatic carbocycles. The van der Waals surface area contributed by atoms with Gasteiger partial charge in [-0.25, -0.2) is 0 Å². The quantitative estimate of drug-likeness (QED) is 0.165. The Bertz CT molecular complexity index is 3590. The maximum absolute atomic E-state index is 4.88. The van der Waals surface area contributed by atoms with Crippen molar-refractivity contribution < 1.29 is 0 Å². The summed E-state index contributed by atoms with van der Waals surface area (Å²) in [5.41, 5.74) is 28.6. The van der Waals surface area contributed by atoms with E-state index in [0.717, 1.165) is 33.9 Å². The molecule has 67 heavy (non-hydrogen) atoms. The number of aromatic nitrogens is 2. The van der Waals surface area contributed by atoms with E-state index in [1.165, 1.54) is 100 Å². The molecule has 0 amide bonds. The Kier molecular flexibility index (Phi) is 8.01. The fraction of sp³-hybridized carbons (Fsp3) is 0.0645. The monoisotopic (exact) mass is 854 g/mol. The first kappa shape index (κ1) is 38.0. The molecular formula is C62H43BN4. The molecule has 10 aromatic rings. The Balaban J connectivity index is 1.11. The largest absolute Gasteiger partial charge is 0.311 e. The van der Waals surface area contributed by atoms with Gasteiger partial charge in [0.1, 0.15) is 0 Å². The molecule has 0 bridgehead atoms. The van der Waals surface area contributed by atoms with Gasteiger partial charge in [-0.15, -0.1) is 0 Å². The molecule has 14 rings (SSSR count). The van der Waals surface area contributed by atoms with Crippen molar-refractivity contribution in [2.24, 2.45) is 0 Å². The van der Waals surface area contributed by atoms with E-state index in [4.69, 9.17) is 9.97 Å². The van der Waals surface area contributed by atoms with Crippen LogP contribution in [-0.4, -0.2) is 16.7 Å².